The summed E-state index contributed by atoms with van der Waals surface area (Å²) in [5, 5.41) is 8.82. The minimum Gasteiger partial charge on any atom is -0.481 e. The van der Waals surface area contributed by atoms with Gasteiger partial charge in [-0.2, -0.15) is 0 Å². The number of carbonyl (C=O) groups is 2. The molecule has 3 heterocycles. The fourth-order valence-electron chi connectivity index (χ4n) is 5.35. The first-order valence-corrected chi connectivity index (χ1v) is 11.1. The maximum Gasteiger partial charge on any atom is 0.303 e. The number of carboxylic acids is 1. The third-order valence-corrected chi connectivity index (χ3v) is 7.11. The van der Waals surface area contributed by atoms with Gasteiger partial charge in [0, 0.05) is 52.4 Å². The third kappa shape index (κ3) is 4.13. The Morgan fingerprint density at radius 3 is 2.63 bits per heavy atom. The second-order valence-electron chi connectivity index (χ2n) is 8.96. The fraction of sp³-hybridized carbons (Fsp3) is 0.652. The molecule has 0 aromatic heterocycles. The molecule has 4 rings (SSSR count). The van der Waals surface area contributed by atoms with E-state index in [1.54, 1.807) is 11.9 Å². The Hall–Kier alpha value is -2.28. The van der Waals surface area contributed by atoms with Crippen molar-refractivity contribution in [2.75, 3.05) is 50.2 Å². The SMILES string of the molecule is CN(CCCC(=O)O)C(=O)c1ccc2c(c1)N1CC(C3CCOCC3)CCC1N2C. The summed E-state index contributed by atoms with van der Waals surface area (Å²) in [6.07, 6.45) is 5.63. The number of piperidine rings is 1. The molecule has 0 aliphatic carbocycles. The van der Waals surface area contributed by atoms with Crippen LogP contribution in [0.15, 0.2) is 18.2 Å². The highest BCUT2D eigenvalue weighted by Gasteiger charge is 2.40. The zero-order chi connectivity index (χ0) is 21.3. The molecule has 3 aliphatic rings. The number of hydrogen-bond donors (Lipinski definition) is 1. The van der Waals surface area contributed by atoms with Crippen molar-refractivity contribution < 1.29 is 19.4 Å². The van der Waals surface area contributed by atoms with Gasteiger partial charge in [-0.1, -0.05) is 0 Å². The van der Waals surface area contributed by atoms with E-state index in [0.29, 0.717) is 30.6 Å². The van der Waals surface area contributed by atoms with Gasteiger partial charge in [-0.05, 0) is 62.1 Å². The van der Waals surface area contributed by atoms with E-state index in [4.69, 9.17) is 9.84 Å². The second kappa shape index (κ2) is 8.84. The first-order chi connectivity index (χ1) is 14.5. The number of rotatable bonds is 6. The van der Waals surface area contributed by atoms with Crippen LogP contribution in [0.4, 0.5) is 11.4 Å². The van der Waals surface area contributed by atoms with E-state index in [-0.39, 0.29) is 12.3 Å². The van der Waals surface area contributed by atoms with Gasteiger partial charge in [0.05, 0.1) is 11.4 Å². The monoisotopic (exact) mass is 415 g/mol. The van der Waals surface area contributed by atoms with Gasteiger partial charge in [0.2, 0.25) is 0 Å². The average Bonchev–Trinajstić information content (AvgIpc) is 3.04. The standard InChI is InChI=1S/C23H33N3O4/c1-24(11-3-4-22(27)28)23(29)17-5-7-19-20(14-17)26-15-18(6-8-21(26)25(19)2)16-9-12-30-13-10-16/h5,7,14,16,18,21H,3-4,6,8-13,15H2,1-2H3,(H,27,28). The van der Waals surface area contributed by atoms with Crippen LogP contribution in [-0.4, -0.2) is 68.4 Å². The Balaban J connectivity index is 1.48. The molecule has 0 radical (unpaired) electrons. The summed E-state index contributed by atoms with van der Waals surface area (Å²) in [7, 11) is 3.90. The van der Waals surface area contributed by atoms with E-state index >= 15 is 0 Å². The van der Waals surface area contributed by atoms with E-state index in [1.807, 2.05) is 12.1 Å². The van der Waals surface area contributed by atoms with Crippen LogP contribution in [0.2, 0.25) is 0 Å². The summed E-state index contributed by atoms with van der Waals surface area (Å²) < 4.78 is 5.56. The van der Waals surface area contributed by atoms with Crippen LogP contribution in [0.1, 0.15) is 48.9 Å². The molecule has 2 saturated heterocycles. The molecule has 2 fully saturated rings. The Morgan fingerprint density at radius 1 is 1.13 bits per heavy atom. The molecule has 1 amide bonds. The van der Waals surface area contributed by atoms with E-state index in [1.165, 1.54) is 12.1 Å². The zero-order valence-electron chi connectivity index (χ0n) is 18.0. The maximum absolute atomic E-state index is 12.9. The van der Waals surface area contributed by atoms with Crippen molar-refractivity contribution in [2.24, 2.45) is 11.8 Å². The number of carboxylic acid groups (broad SMARTS) is 1. The number of amides is 1. The molecule has 7 heteroatoms. The predicted molar refractivity (Wildman–Crippen MR) is 116 cm³/mol. The van der Waals surface area contributed by atoms with E-state index in [2.05, 4.69) is 22.9 Å². The second-order valence-corrected chi connectivity index (χ2v) is 8.96. The van der Waals surface area contributed by atoms with Gasteiger partial charge >= 0.3 is 5.97 Å². The van der Waals surface area contributed by atoms with Crippen LogP contribution >= 0.6 is 0 Å². The smallest absolute Gasteiger partial charge is 0.303 e. The van der Waals surface area contributed by atoms with Gasteiger partial charge < -0.3 is 24.5 Å². The number of ether oxygens (including phenoxy) is 1. The van der Waals surface area contributed by atoms with Gasteiger partial charge in [0.1, 0.15) is 6.17 Å². The number of aliphatic carboxylic acids is 1. The largest absolute Gasteiger partial charge is 0.481 e. The number of nitrogens with zero attached hydrogens (tertiary/aromatic N) is 3. The van der Waals surface area contributed by atoms with Crippen molar-refractivity contribution >= 4 is 23.3 Å². The minimum absolute atomic E-state index is 0.0488. The van der Waals surface area contributed by atoms with Crippen molar-refractivity contribution in [3.8, 4) is 0 Å². The number of carbonyl (C=O) groups excluding carboxylic acids is 1. The van der Waals surface area contributed by atoms with E-state index in [0.717, 1.165) is 50.6 Å². The predicted octanol–water partition coefficient (Wildman–Crippen LogP) is 3.04. The van der Waals surface area contributed by atoms with Crippen molar-refractivity contribution in [1.29, 1.82) is 0 Å². The molecular formula is C23H33N3O4. The summed E-state index contributed by atoms with van der Waals surface area (Å²) in [5.41, 5.74) is 3.02. The van der Waals surface area contributed by atoms with Crippen LogP contribution < -0.4 is 9.80 Å². The lowest BCUT2D eigenvalue weighted by atomic mass is 9.80. The topological polar surface area (TPSA) is 73.3 Å². The highest BCUT2D eigenvalue weighted by atomic mass is 16.5. The summed E-state index contributed by atoms with van der Waals surface area (Å²) in [6.45, 7) is 3.25. The third-order valence-electron chi connectivity index (χ3n) is 7.11. The normalized spacial score (nSPS) is 23.8. The lowest BCUT2D eigenvalue weighted by Gasteiger charge is -2.42. The molecule has 1 N–H and O–H groups in total. The van der Waals surface area contributed by atoms with Gasteiger partial charge in [0.15, 0.2) is 0 Å². The molecule has 30 heavy (non-hydrogen) atoms. The lowest BCUT2D eigenvalue weighted by molar-refractivity contribution is -0.137. The molecule has 1 aromatic rings. The molecule has 1 aromatic carbocycles. The quantitative estimate of drug-likeness (QED) is 0.770. The summed E-state index contributed by atoms with van der Waals surface area (Å²) in [4.78, 5) is 30.1. The Morgan fingerprint density at radius 2 is 1.90 bits per heavy atom. The molecule has 2 unspecified atom stereocenters. The van der Waals surface area contributed by atoms with Gasteiger partial charge in [0.25, 0.3) is 5.91 Å². The first kappa shape index (κ1) is 21.0. The number of anilines is 2. The van der Waals surface area contributed by atoms with E-state index < -0.39 is 5.97 Å². The van der Waals surface area contributed by atoms with Crippen molar-refractivity contribution in [1.82, 2.24) is 4.90 Å². The van der Waals surface area contributed by atoms with Crippen molar-refractivity contribution in [2.45, 2.75) is 44.7 Å². The van der Waals surface area contributed by atoms with E-state index in [9.17, 15) is 9.59 Å². The molecule has 164 valence electrons. The summed E-state index contributed by atoms with van der Waals surface area (Å²) in [6, 6.07) is 6.00. The van der Waals surface area contributed by atoms with Gasteiger partial charge in [-0.25, -0.2) is 0 Å². The molecule has 0 bridgehead atoms. The average molecular weight is 416 g/mol. The van der Waals surface area contributed by atoms with Gasteiger partial charge in [-0.3, -0.25) is 9.59 Å². The first-order valence-electron chi connectivity index (χ1n) is 11.1. The minimum atomic E-state index is -0.827. The molecule has 2 atom stereocenters. The Labute approximate surface area is 178 Å². The molecular weight excluding hydrogens is 382 g/mol. The molecule has 0 spiro atoms. The number of fused-ring (bicyclic) bond motifs is 3. The molecule has 7 nitrogen and oxygen atoms in total. The highest BCUT2D eigenvalue weighted by Crippen LogP contribution is 2.45. The highest BCUT2D eigenvalue weighted by molar-refractivity contribution is 5.97. The molecule has 3 aliphatic heterocycles. The van der Waals surface area contributed by atoms with Gasteiger partial charge in [-0.15, -0.1) is 0 Å². The fourth-order valence-corrected chi connectivity index (χ4v) is 5.35. The van der Waals surface area contributed by atoms with Crippen LogP contribution in [0.3, 0.4) is 0 Å². The summed E-state index contributed by atoms with van der Waals surface area (Å²) in [5.74, 6) is 0.542. The van der Waals surface area contributed by atoms with Crippen LogP contribution in [-0.2, 0) is 9.53 Å². The zero-order valence-corrected chi connectivity index (χ0v) is 18.0. The van der Waals surface area contributed by atoms with Crippen LogP contribution in [0.25, 0.3) is 0 Å². The Kier molecular flexibility index (Phi) is 6.18. The summed E-state index contributed by atoms with van der Waals surface area (Å²) >= 11 is 0. The van der Waals surface area contributed by atoms with Crippen molar-refractivity contribution in [3.05, 3.63) is 23.8 Å². The maximum atomic E-state index is 12.9. The Bertz CT molecular complexity index is 793. The molecule has 0 saturated carbocycles. The van der Waals surface area contributed by atoms with Crippen LogP contribution in [0, 0.1) is 11.8 Å². The lowest BCUT2D eigenvalue weighted by Crippen LogP contribution is -2.49. The number of hydrogen-bond acceptors (Lipinski definition) is 5. The van der Waals surface area contributed by atoms with Crippen LogP contribution in [0.5, 0.6) is 0 Å². The number of benzene rings is 1. The van der Waals surface area contributed by atoms with Crippen molar-refractivity contribution in [3.63, 3.8) is 0 Å².